The van der Waals surface area contributed by atoms with Crippen LogP contribution >= 0.6 is 36.7 Å². The van der Waals surface area contributed by atoms with Gasteiger partial charge < -0.3 is 15.3 Å². The molecule has 3 N–H and O–H groups in total. The summed E-state index contributed by atoms with van der Waals surface area (Å²) in [6.45, 7) is 0. The van der Waals surface area contributed by atoms with Crippen LogP contribution in [0.1, 0.15) is 0 Å². The molecule has 0 saturated heterocycles. The average Bonchev–Trinajstić information content (AvgIpc) is 1.70. The summed E-state index contributed by atoms with van der Waals surface area (Å²) < 4.78 is 0. The van der Waals surface area contributed by atoms with Crippen molar-refractivity contribution in [2.45, 2.75) is 0 Å². The zero-order valence-corrected chi connectivity index (χ0v) is 8.84. The summed E-state index contributed by atoms with van der Waals surface area (Å²) in [6.07, 6.45) is 0. The molecule has 0 unspecified atom stereocenters. The van der Waals surface area contributed by atoms with Crippen LogP contribution in [0.3, 0.4) is 0 Å². The molecule has 0 aliphatic heterocycles. The van der Waals surface area contributed by atoms with Gasteiger partial charge in [0.05, 0.1) is 0 Å². The van der Waals surface area contributed by atoms with Gasteiger partial charge in [-0.25, -0.2) is 0 Å². The second-order valence-corrected chi connectivity index (χ2v) is 0.949. The monoisotopic (exact) mass is 288 g/mol. The number of rotatable bonds is 0. The molecule has 0 aromatic heterocycles. The Hall–Kier alpha value is 0.293. The fourth-order valence-corrected chi connectivity index (χ4v) is 0. The van der Waals surface area contributed by atoms with Crippen LogP contribution in [0.25, 0.3) is 0 Å². The van der Waals surface area contributed by atoms with Crippen LogP contribution in [-0.2, 0) is 19.5 Å². The standard InChI is InChI=1S/3CH2OS.Ru/c3*2-1-3;/h3*1H,(H,2,3);. The SMILES string of the molecule is OC=S.OC=S.OC=S.[Ru]. The van der Waals surface area contributed by atoms with E-state index in [1.165, 1.54) is 0 Å². The molecule has 0 spiro atoms. The molecule has 0 fully saturated rings. The Morgan fingerprint density at radius 3 is 0.700 bits per heavy atom. The van der Waals surface area contributed by atoms with E-state index in [1.807, 2.05) is 0 Å². The average molecular weight is 287 g/mol. The van der Waals surface area contributed by atoms with E-state index in [4.69, 9.17) is 15.3 Å². The zero-order valence-electron chi connectivity index (χ0n) is 4.65. The largest absolute Gasteiger partial charge is 0.504 e. The first kappa shape index (κ1) is 22.4. The second kappa shape index (κ2) is 58.9. The molecule has 0 aromatic carbocycles. The van der Waals surface area contributed by atoms with Gasteiger partial charge in [-0.05, 0) is 36.7 Å². The van der Waals surface area contributed by atoms with Gasteiger partial charge in [-0.15, -0.1) is 0 Å². The summed E-state index contributed by atoms with van der Waals surface area (Å²) in [7, 11) is 0. The van der Waals surface area contributed by atoms with Gasteiger partial charge in [-0.1, -0.05) is 0 Å². The van der Waals surface area contributed by atoms with Gasteiger partial charge in [0.1, 0.15) is 16.7 Å². The molecule has 0 aliphatic rings. The Balaban J connectivity index is -0.0000000257. The minimum atomic E-state index is 0. The van der Waals surface area contributed by atoms with E-state index in [2.05, 4.69) is 36.7 Å². The fraction of sp³-hybridized carbons (Fsp3) is 0. The third-order valence-electron chi connectivity index (χ3n) is 0. The van der Waals surface area contributed by atoms with Crippen LogP contribution in [0.4, 0.5) is 0 Å². The number of hydrogen-bond donors (Lipinski definition) is 3. The molecule has 0 aromatic rings. The van der Waals surface area contributed by atoms with Crippen molar-refractivity contribution in [3.8, 4) is 0 Å². The predicted octanol–water partition coefficient (Wildman–Crippen LogP) is 1.50. The van der Waals surface area contributed by atoms with E-state index in [1.54, 1.807) is 0 Å². The van der Waals surface area contributed by atoms with Crippen molar-refractivity contribution in [2.75, 3.05) is 0 Å². The minimum absolute atomic E-state index is 0. The number of aliphatic hydroxyl groups is 3. The summed E-state index contributed by atoms with van der Waals surface area (Å²) in [5.74, 6) is 0. The van der Waals surface area contributed by atoms with E-state index >= 15 is 0 Å². The molecule has 0 aliphatic carbocycles. The Kier molecular flexibility index (Phi) is 132. The van der Waals surface area contributed by atoms with Crippen molar-refractivity contribution in [2.24, 2.45) is 0 Å². The summed E-state index contributed by atoms with van der Waals surface area (Å²) in [5, 5.41) is 21.8. The first-order valence-corrected chi connectivity index (χ1v) is 2.90. The molecule has 0 saturated carbocycles. The second-order valence-electron chi connectivity index (χ2n) is 0.316. The molecule has 0 bridgehead atoms. The van der Waals surface area contributed by atoms with Gasteiger partial charge in [-0.2, -0.15) is 0 Å². The molecule has 3 nitrogen and oxygen atoms in total. The van der Waals surface area contributed by atoms with Crippen molar-refractivity contribution >= 4 is 53.3 Å². The molecule has 0 amide bonds. The van der Waals surface area contributed by atoms with Gasteiger partial charge in [0.25, 0.3) is 0 Å². The Morgan fingerprint density at radius 2 is 0.700 bits per heavy atom. The van der Waals surface area contributed by atoms with Crippen molar-refractivity contribution in [1.29, 1.82) is 0 Å². The van der Waals surface area contributed by atoms with Crippen LogP contribution in [0.2, 0.25) is 0 Å². The van der Waals surface area contributed by atoms with Crippen molar-refractivity contribution < 1.29 is 34.8 Å². The van der Waals surface area contributed by atoms with Gasteiger partial charge in [0.2, 0.25) is 0 Å². The maximum atomic E-state index is 7.26. The van der Waals surface area contributed by atoms with E-state index in [-0.39, 0.29) is 19.5 Å². The molecule has 7 heteroatoms. The first-order valence-electron chi connectivity index (χ1n) is 1.48. The van der Waals surface area contributed by atoms with Gasteiger partial charge in [-0.3, -0.25) is 0 Å². The minimum Gasteiger partial charge on any atom is -0.504 e. The molecule has 0 heterocycles. The topological polar surface area (TPSA) is 60.7 Å². The summed E-state index contributed by atoms with van der Waals surface area (Å²) in [4.78, 5) is 0. The van der Waals surface area contributed by atoms with Crippen LogP contribution in [0.15, 0.2) is 0 Å². The molecule has 0 rings (SSSR count). The summed E-state index contributed by atoms with van der Waals surface area (Å²) in [5.41, 5.74) is 1.75. The predicted molar refractivity (Wildman–Crippen MR) is 48.9 cm³/mol. The molecular weight excluding hydrogens is 281 g/mol. The van der Waals surface area contributed by atoms with Crippen molar-refractivity contribution in [3.05, 3.63) is 0 Å². The Labute approximate surface area is 87.8 Å². The fourth-order valence-electron chi connectivity index (χ4n) is 0. The van der Waals surface area contributed by atoms with E-state index in [0.29, 0.717) is 16.7 Å². The summed E-state index contributed by atoms with van der Waals surface area (Å²) >= 11 is 11.5. The number of aliphatic hydroxyl groups excluding tert-OH is 3. The van der Waals surface area contributed by atoms with Crippen LogP contribution < -0.4 is 0 Å². The van der Waals surface area contributed by atoms with E-state index in [0.717, 1.165) is 0 Å². The smallest absolute Gasteiger partial charge is 0.142 e. The Bertz CT molecular complexity index is 55.7. The van der Waals surface area contributed by atoms with Gasteiger partial charge in [0.15, 0.2) is 0 Å². The molecular formula is C3H6O3RuS3. The van der Waals surface area contributed by atoms with Crippen LogP contribution in [0.5, 0.6) is 0 Å². The maximum Gasteiger partial charge on any atom is 0.142 e. The normalized spacial score (nSPS) is 3.60. The quantitative estimate of drug-likeness (QED) is 0.464. The van der Waals surface area contributed by atoms with E-state index in [9.17, 15) is 0 Å². The van der Waals surface area contributed by atoms with Gasteiger partial charge in [0, 0.05) is 19.5 Å². The Morgan fingerprint density at radius 1 is 0.700 bits per heavy atom. The van der Waals surface area contributed by atoms with Crippen LogP contribution in [0, 0.1) is 0 Å². The van der Waals surface area contributed by atoms with Crippen LogP contribution in [-0.4, -0.2) is 32.0 Å². The molecule has 0 atom stereocenters. The third-order valence-corrected chi connectivity index (χ3v) is 0. The van der Waals surface area contributed by atoms with Crippen molar-refractivity contribution in [3.63, 3.8) is 0 Å². The van der Waals surface area contributed by atoms with Gasteiger partial charge >= 0.3 is 0 Å². The maximum absolute atomic E-state index is 7.26. The van der Waals surface area contributed by atoms with Crippen molar-refractivity contribution in [1.82, 2.24) is 0 Å². The summed E-state index contributed by atoms with van der Waals surface area (Å²) in [6, 6.07) is 0. The first-order chi connectivity index (χ1) is 4.24. The van der Waals surface area contributed by atoms with E-state index < -0.39 is 0 Å². The molecule has 10 heavy (non-hydrogen) atoms. The zero-order chi connectivity index (χ0) is 8.12. The number of hydrogen-bond acceptors (Lipinski definition) is 3. The third kappa shape index (κ3) is 5130. The molecule has 62 valence electrons. The number of thiocarbonyl (C=S) groups is 3. The molecule has 0 radical (unpaired) electrons.